The molecule has 0 saturated heterocycles. The highest BCUT2D eigenvalue weighted by molar-refractivity contribution is 4.78. The molecule has 0 aliphatic carbocycles. The van der Waals surface area contributed by atoms with E-state index in [0.717, 1.165) is 0 Å². The zero-order valence-electron chi connectivity index (χ0n) is 8.31. The van der Waals surface area contributed by atoms with E-state index in [1.807, 2.05) is 6.92 Å². The molecule has 68 valence electrons. The van der Waals surface area contributed by atoms with Gasteiger partial charge in [-0.25, -0.2) is 0 Å². The normalized spacial score (nSPS) is 18.0. The Bertz CT molecular complexity index is 107. The molecule has 0 aliphatic rings. The summed E-state index contributed by atoms with van der Waals surface area (Å²) < 4.78 is 0. The minimum absolute atomic E-state index is 0.198. The summed E-state index contributed by atoms with van der Waals surface area (Å²) in [6.07, 6.45) is 0. The van der Waals surface area contributed by atoms with Crippen molar-refractivity contribution < 1.29 is 5.11 Å². The second-order valence-electron chi connectivity index (χ2n) is 4.34. The molecule has 2 N–H and O–H groups in total. The minimum Gasteiger partial charge on any atom is -0.395 e. The number of hydrogen-bond acceptors (Lipinski definition) is 2. The van der Waals surface area contributed by atoms with E-state index >= 15 is 0 Å². The van der Waals surface area contributed by atoms with E-state index in [1.165, 1.54) is 0 Å². The Balaban J connectivity index is 3.77. The summed E-state index contributed by atoms with van der Waals surface area (Å²) in [5.74, 6) is 0. The molecule has 0 rings (SSSR count). The van der Waals surface area contributed by atoms with Gasteiger partial charge in [-0.15, -0.1) is 0 Å². The van der Waals surface area contributed by atoms with E-state index in [1.54, 1.807) is 0 Å². The van der Waals surface area contributed by atoms with Crippen molar-refractivity contribution in [3.05, 3.63) is 0 Å². The second-order valence-corrected chi connectivity index (χ2v) is 4.34. The van der Waals surface area contributed by atoms with E-state index in [-0.39, 0.29) is 18.1 Å². The summed E-state index contributed by atoms with van der Waals surface area (Å²) in [7, 11) is 0. The molecular formula is C9H21NO. The van der Waals surface area contributed by atoms with Gasteiger partial charge in [0.2, 0.25) is 0 Å². The van der Waals surface area contributed by atoms with Gasteiger partial charge < -0.3 is 10.4 Å². The number of nitrogens with one attached hydrogen (secondary N) is 1. The Morgan fingerprint density at radius 2 is 1.73 bits per heavy atom. The lowest BCUT2D eigenvalue weighted by Crippen LogP contribution is -2.44. The zero-order chi connectivity index (χ0) is 9.07. The molecule has 0 heterocycles. The number of aliphatic hydroxyl groups excluding tert-OH is 1. The molecule has 0 aromatic heterocycles. The largest absolute Gasteiger partial charge is 0.395 e. The summed E-state index contributed by atoms with van der Waals surface area (Å²) in [5.41, 5.74) is 0.267. The van der Waals surface area contributed by atoms with Crippen LogP contribution in [0.3, 0.4) is 0 Å². The van der Waals surface area contributed by atoms with Gasteiger partial charge in [-0.05, 0) is 19.3 Å². The Kier molecular flexibility index (Phi) is 4.04. The number of aliphatic hydroxyl groups is 1. The molecule has 0 aromatic rings. The highest BCUT2D eigenvalue weighted by Gasteiger charge is 2.20. The molecule has 0 radical (unpaired) electrons. The summed E-state index contributed by atoms with van der Waals surface area (Å²) in [5, 5.41) is 12.1. The van der Waals surface area contributed by atoms with Crippen LogP contribution in [0, 0.1) is 5.41 Å². The van der Waals surface area contributed by atoms with Gasteiger partial charge in [0.05, 0.1) is 6.61 Å². The molecule has 0 saturated carbocycles. The van der Waals surface area contributed by atoms with Gasteiger partial charge in [-0.3, -0.25) is 0 Å². The lowest BCUT2D eigenvalue weighted by molar-refractivity contribution is 0.205. The van der Waals surface area contributed by atoms with Crippen LogP contribution in [-0.4, -0.2) is 23.8 Å². The molecule has 0 fully saturated rings. The van der Waals surface area contributed by atoms with Crippen LogP contribution in [0.25, 0.3) is 0 Å². The first-order valence-electron chi connectivity index (χ1n) is 4.25. The van der Waals surface area contributed by atoms with Crippen LogP contribution in [0.5, 0.6) is 0 Å². The lowest BCUT2D eigenvalue weighted by Gasteiger charge is -2.30. The van der Waals surface area contributed by atoms with Gasteiger partial charge in [-0.1, -0.05) is 20.8 Å². The molecule has 0 spiro atoms. The molecule has 2 heteroatoms. The Morgan fingerprint density at radius 1 is 1.27 bits per heavy atom. The van der Waals surface area contributed by atoms with Gasteiger partial charge in [0.25, 0.3) is 0 Å². The topological polar surface area (TPSA) is 32.3 Å². The molecule has 2 nitrogen and oxygen atoms in total. The van der Waals surface area contributed by atoms with Crippen molar-refractivity contribution in [1.82, 2.24) is 5.32 Å². The van der Waals surface area contributed by atoms with Crippen molar-refractivity contribution in [3.63, 3.8) is 0 Å². The highest BCUT2D eigenvalue weighted by atomic mass is 16.3. The highest BCUT2D eigenvalue weighted by Crippen LogP contribution is 2.18. The van der Waals surface area contributed by atoms with Crippen LogP contribution in [0.1, 0.15) is 34.6 Å². The van der Waals surface area contributed by atoms with Crippen LogP contribution < -0.4 is 5.32 Å². The predicted molar refractivity (Wildman–Crippen MR) is 48.6 cm³/mol. The predicted octanol–water partition coefficient (Wildman–Crippen LogP) is 1.39. The van der Waals surface area contributed by atoms with Gasteiger partial charge in [0.15, 0.2) is 0 Å². The fraction of sp³-hybridized carbons (Fsp3) is 1.00. The third-order valence-electron chi connectivity index (χ3n) is 2.11. The van der Waals surface area contributed by atoms with Crippen LogP contribution in [0.15, 0.2) is 0 Å². The molecule has 2 atom stereocenters. The minimum atomic E-state index is 0.198. The fourth-order valence-electron chi connectivity index (χ4n) is 0.729. The average Bonchev–Trinajstić information content (AvgIpc) is 1.85. The molecule has 1 unspecified atom stereocenters. The van der Waals surface area contributed by atoms with Gasteiger partial charge in [0.1, 0.15) is 0 Å². The number of hydrogen-bond donors (Lipinski definition) is 2. The Labute approximate surface area is 70.0 Å². The lowest BCUT2D eigenvalue weighted by atomic mass is 9.88. The SMILES string of the molecule is CC(N[C@@H](C)CO)C(C)(C)C. The van der Waals surface area contributed by atoms with E-state index in [9.17, 15) is 0 Å². The molecule has 0 amide bonds. The van der Waals surface area contributed by atoms with E-state index in [0.29, 0.717) is 6.04 Å². The van der Waals surface area contributed by atoms with Crippen molar-refractivity contribution in [3.8, 4) is 0 Å². The Hall–Kier alpha value is -0.0800. The van der Waals surface area contributed by atoms with Crippen molar-refractivity contribution >= 4 is 0 Å². The summed E-state index contributed by atoms with van der Waals surface area (Å²) >= 11 is 0. The van der Waals surface area contributed by atoms with Gasteiger partial charge >= 0.3 is 0 Å². The maximum Gasteiger partial charge on any atom is 0.0582 e. The second kappa shape index (κ2) is 4.07. The molecule has 11 heavy (non-hydrogen) atoms. The van der Waals surface area contributed by atoms with E-state index in [2.05, 4.69) is 33.0 Å². The van der Waals surface area contributed by atoms with Crippen LogP contribution in [-0.2, 0) is 0 Å². The molecular weight excluding hydrogens is 138 g/mol. The standard InChI is InChI=1S/C9H21NO/c1-7(6-11)10-8(2)9(3,4)5/h7-8,10-11H,6H2,1-5H3/t7-,8?/m0/s1. The molecule has 0 bridgehead atoms. The van der Waals surface area contributed by atoms with Crippen LogP contribution >= 0.6 is 0 Å². The average molecular weight is 159 g/mol. The zero-order valence-corrected chi connectivity index (χ0v) is 8.31. The van der Waals surface area contributed by atoms with E-state index in [4.69, 9.17) is 5.11 Å². The van der Waals surface area contributed by atoms with Crippen LogP contribution in [0.4, 0.5) is 0 Å². The summed E-state index contributed by atoms with van der Waals surface area (Å²) in [4.78, 5) is 0. The maximum absolute atomic E-state index is 8.79. The fourth-order valence-corrected chi connectivity index (χ4v) is 0.729. The van der Waals surface area contributed by atoms with Crippen molar-refractivity contribution in [2.24, 2.45) is 5.41 Å². The molecule has 0 aliphatic heterocycles. The first kappa shape index (κ1) is 10.9. The smallest absolute Gasteiger partial charge is 0.0582 e. The first-order valence-corrected chi connectivity index (χ1v) is 4.25. The summed E-state index contributed by atoms with van der Waals surface area (Å²) in [6, 6.07) is 0.633. The van der Waals surface area contributed by atoms with Crippen molar-refractivity contribution in [2.75, 3.05) is 6.61 Å². The van der Waals surface area contributed by atoms with Gasteiger partial charge in [-0.2, -0.15) is 0 Å². The third kappa shape index (κ3) is 4.38. The van der Waals surface area contributed by atoms with Crippen molar-refractivity contribution in [1.29, 1.82) is 0 Å². The van der Waals surface area contributed by atoms with E-state index < -0.39 is 0 Å². The van der Waals surface area contributed by atoms with Crippen molar-refractivity contribution in [2.45, 2.75) is 46.7 Å². The molecule has 0 aromatic carbocycles. The number of rotatable bonds is 3. The van der Waals surface area contributed by atoms with Crippen LogP contribution in [0.2, 0.25) is 0 Å². The summed E-state index contributed by atoms with van der Waals surface area (Å²) in [6.45, 7) is 10.9. The van der Waals surface area contributed by atoms with Gasteiger partial charge in [0, 0.05) is 12.1 Å². The quantitative estimate of drug-likeness (QED) is 0.652. The first-order chi connectivity index (χ1) is 4.88. The third-order valence-corrected chi connectivity index (χ3v) is 2.11. The maximum atomic E-state index is 8.79. The monoisotopic (exact) mass is 159 g/mol. The Morgan fingerprint density at radius 3 is 2.00 bits per heavy atom.